The van der Waals surface area contributed by atoms with E-state index in [1.54, 1.807) is 22.9 Å². The van der Waals surface area contributed by atoms with Gasteiger partial charge in [-0.05, 0) is 32.7 Å². The summed E-state index contributed by atoms with van der Waals surface area (Å²) in [7, 11) is 0. The first-order valence-corrected chi connectivity index (χ1v) is 8.40. The maximum atomic E-state index is 13.2. The maximum Gasteiger partial charge on any atom is 0.278 e. The van der Waals surface area contributed by atoms with Crippen LogP contribution in [-0.4, -0.2) is 46.4 Å². The summed E-state index contributed by atoms with van der Waals surface area (Å²) in [5.74, 6) is -0.675. The molecule has 2 aromatic heterocycles. The first-order valence-electron chi connectivity index (χ1n) is 8.40. The number of nitrogens with zero attached hydrogens (tertiary/aromatic N) is 5. The van der Waals surface area contributed by atoms with E-state index in [9.17, 15) is 9.59 Å². The van der Waals surface area contributed by atoms with Gasteiger partial charge in [-0.3, -0.25) is 24.2 Å². The fraction of sp³-hybridized carbons (Fsp3) is 0.278. The van der Waals surface area contributed by atoms with E-state index in [-0.39, 0.29) is 29.5 Å². The summed E-state index contributed by atoms with van der Waals surface area (Å²) >= 11 is 0. The Morgan fingerprint density at radius 1 is 1.37 bits per heavy atom. The molecule has 0 bridgehead atoms. The molecule has 0 spiro atoms. The first kappa shape index (κ1) is 20.0. The summed E-state index contributed by atoms with van der Waals surface area (Å²) < 4.78 is 1.62. The standard InChI is InChI=1S/C18H23N7O2/c1-4-25-15(9-12(2)23-25)18(27)24(8-6-5-7-19)17-14(21-3)10-13(11-22-17)16(20)26/h5-6,9-11H,3-4,7-8,19H2,1-2H3,(H2,20,26)/b6-5+. The predicted molar refractivity (Wildman–Crippen MR) is 104 cm³/mol. The molecular formula is C18H23N7O2. The molecule has 0 radical (unpaired) electrons. The topological polar surface area (TPSA) is 132 Å². The van der Waals surface area contributed by atoms with Crippen LogP contribution >= 0.6 is 0 Å². The van der Waals surface area contributed by atoms with Crippen LogP contribution in [0.4, 0.5) is 11.5 Å². The smallest absolute Gasteiger partial charge is 0.278 e. The number of carbonyl (C=O) groups is 2. The molecule has 0 aliphatic carbocycles. The molecule has 9 heteroatoms. The lowest BCUT2D eigenvalue weighted by atomic mass is 10.2. The summed E-state index contributed by atoms with van der Waals surface area (Å²) in [5, 5.41) is 4.32. The summed E-state index contributed by atoms with van der Waals surface area (Å²) in [6.07, 6.45) is 4.80. The van der Waals surface area contributed by atoms with Crippen LogP contribution in [0.2, 0.25) is 0 Å². The van der Waals surface area contributed by atoms with Gasteiger partial charge in [0.25, 0.3) is 5.91 Å². The SMILES string of the molecule is C=Nc1cc(C(N)=O)cnc1N(C/C=C/CN)C(=O)c1cc(C)nn1CC. The number of hydrogen-bond donors (Lipinski definition) is 2. The fourth-order valence-electron chi connectivity index (χ4n) is 2.54. The van der Waals surface area contributed by atoms with E-state index in [0.29, 0.717) is 18.8 Å². The third-order valence-corrected chi connectivity index (χ3v) is 3.81. The molecule has 9 nitrogen and oxygen atoms in total. The second kappa shape index (κ2) is 8.86. The highest BCUT2D eigenvalue weighted by atomic mass is 16.2. The molecule has 0 aliphatic heterocycles. The van der Waals surface area contributed by atoms with Crippen LogP contribution in [0, 0.1) is 6.92 Å². The van der Waals surface area contributed by atoms with Crippen molar-refractivity contribution >= 4 is 30.0 Å². The molecule has 0 atom stereocenters. The Bertz CT molecular complexity index is 886. The van der Waals surface area contributed by atoms with Gasteiger partial charge in [-0.1, -0.05) is 12.2 Å². The molecule has 2 amide bonds. The van der Waals surface area contributed by atoms with Crippen LogP contribution in [0.25, 0.3) is 0 Å². The van der Waals surface area contributed by atoms with E-state index < -0.39 is 5.91 Å². The molecule has 2 aromatic rings. The van der Waals surface area contributed by atoms with Crippen LogP contribution in [-0.2, 0) is 6.54 Å². The Balaban J connectivity index is 2.54. The van der Waals surface area contributed by atoms with Gasteiger partial charge in [0, 0.05) is 25.8 Å². The molecule has 142 valence electrons. The van der Waals surface area contributed by atoms with Crippen LogP contribution in [0.3, 0.4) is 0 Å². The normalized spacial score (nSPS) is 10.9. The number of amides is 2. The number of primary amides is 1. The maximum absolute atomic E-state index is 13.2. The molecule has 2 rings (SSSR count). The monoisotopic (exact) mass is 369 g/mol. The predicted octanol–water partition coefficient (Wildman–Crippen LogP) is 1.20. The number of hydrogen-bond acceptors (Lipinski definition) is 6. The van der Waals surface area contributed by atoms with Crippen molar-refractivity contribution in [1.82, 2.24) is 14.8 Å². The lowest BCUT2D eigenvalue weighted by Gasteiger charge is -2.22. The summed E-state index contributed by atoms with van der Waals surface area (Å²) in [4.78, 5) is 34.2. The molecule has 0 saturated carbocycles. The Hall–Kier alpha value is -3.33. The van der Waals surface area contributed by atoms with Crippen LogP contribution < -0.4 is 16.4 Å². The highest BCUT2D eigenvalue weighted by Crippen LogP contribution is 2.28. The second-order valence-electron chi connectivity index (χ2n) is 5.70. The van der Waals surface area contributed by atoms with Crippen molar-refractivity contribution in [2.75, 3.05) is 18.0 Å². The molecule has 0 fully saturated rings. The number of aromatic nitrogens is 3. The fourth-order valence-corrected chi connectivity index (χ4v) is 2.54. The molecule has 0 aromatic carbocycles. The third-order valence-electron chi connectivity index (χ3n) is 3.81. The van der Waals surface area contributed by atoms with Crippen molar-refractivity contribution in [3.8, 4) is 0 Å². The minimum atomic E-state index is -0.639. The number of pyridine rings is 1. The van der Waals surface area contributed by atoms with Gasteiger partial charge in [0.1, 0.15) is 11.4 Å². The number of nitrogens with two attached hydrogens (primary N) is 2. The van der Waals surface area contributed by atoms with E-state index in [0.717, 1.165) is 5.69 Å². The summed E-state index contributed by atoms with van der Waals surface area (Å²) in [6.45, 7) is 8.33. The van der Waals surface area contributed by atoms with Gasteiger partial charge in [0.2, 0.25) is 5.91 Å². The number of anilines is 1. The van der Waals surface area contributed by atoms with Gasteiger partial charge in [0.15, 0.2) is 5.82 Å². The summed E-state index contributed by atoms with van der Waals surface area (Å²) in [6, 6.07) is 3.16. The molecule has 0 unspecified atom stereocenters. The van der Waals surface area contributed by atoms with Gasteiger partial charge < -0.3 is 11.5 Å². The zero-order valence-electron chi connectivity index (χ0n) is 15.4. The highest BCUT2D eigenvalue weighted by Gasteiger charge is 2.24. The lowest BCUT2D eigenvalue weighted by molar-refractivity contribution is 0.0977. The lowest BCUT2D eigenvalue weighted by Crippen LogP contribution is -2.34. The molecular weight excluding hydrogens is 346 g/mol. The van der Waals surface area contributed by atoms with Crippen molar-refractivity contribution in [3.05, 3.63) is 47.4 Å². The molecule has 0 saturated heterocycles. The largest absolute Gasteiger partial charge is 0.366 e. The van der Waals surface area contributed by atoms with Gasteiger partial charge in [0.05, 0.1) is 11.3 Å². The number of aryl methyl sites for hydroxylation is 2. The van der Waals surface area contributed by atoms with Gasteiger partial charge in [-0.2, -0.15) is 5.10 Å². The van der Waals surface area contributed by atoms with Gasteiger partial charge in [-0.25, -0.2) is 4.98 Å². The van der Waals surface area contributed by atoms with Crippen molar-refractivity contribution in [3.63, 3.8) is 0 Å². The second-order valence-corrected chi connectivity index (χ2v) is 5.70. The Labute approximate surface area is 157 Å². The van der Waals surface area contributed by atoms with E-state index in [1.807, 2.05) is 13.8 Å². The number of rotatable bonds is 8. The molecule has 27 heavy (non-hydrogen) atoms. The van der Waals surface area contributed by atoms with Crippen LogP contribution in [0.5, 0.6) is 0 Å². The minimum absolute atomic E-state index is 0.181. The van der Waals surface area contributed by atoms with Crippen molar-refractivity contribution in [2.24, 2.45) is 16.5 Å². The van der Waals surface area contributed by atoms with E-state index in [2.05, 4.69) is 21.8 Å². The van der Waals surface area contributed by atoms with Crippen molar-refractivity contribution in [2.45, 2.75) is 20.4 Å². The number of aliphatic imine (C=N–C) groups is 1. The van der Waals surface area contributed by atoms with Crippen molar-refractivity contribution < 1.29 is 9.59 Å². The Morgan fingerprint density at radius 2 is 2.11 bits per heavy atom. The van der Waals surface area contributed by atoms with Crippen LogP contribution in [0.15, 0.2) is 35.5 Å². The average molecular weight is 369 g/mol. The Kier molecular flexibility index (Phi) is 6.56. The van der Waals surface area contributed by atoms with Crippen LogP contribution in [0.1, 0.15) is 33.5 Å². The number of carbonyl (C=O) groups excluding carboxylic acids is 2. The Morgan fingerprint density at radius 3 is 2.70 bits per heavy atom. The highest BCUT2D eigenvalue weighted by molar-refractivity contribution is 6.06. The average Bonchev–Trinajstić information content (AvgIpc) is 3.05. The van der Waals surface area contributed by atoms with Crippen molar-refractivity contribution in [1.29, 1.82) is 0 Å². The molecule has 2 heterocycles. The zero-order valence-corrected chi connectivity index (χ0v) is 15.4. The molecule has 4 N–H and O–H groups in total. The summed E-state index contributed by atoms with van der Waals surface area (Å²) in [5.41, 5.74) is 12.4. The minimum Gasteiger partial charge on any atom is -0.366 e. The zero-order chi connectivity index (χ0) is 20.0. The van der Waals surface area contributed by atoms with E-state index >= 15 is 0 Å². The quantitative estimate of drug-likeness (QED) is 0.533. The van der Waals surface area contributed by atoms with E-state index in [1.165, 1.54) is 17.2 Å². The van der Waals surface area contributed by atoms with Gasteiger partial charge >= 0.3 is 0 Å². The molecule has 0 aliphatic rings. The van der Waals surface area contributed by atoms with Gasteiger partial charge in [-0.15, -0.1) is 0 Å². The first-order chi connectivity index (χ1) is 12.9. The third kappa shape index (κ3) is 4.45. The van der Waals surface area contributed by atoms with E-state index in [4.69, 9.17) is 11.5 Å².